The number of ketones is 1. The molecule has 1 aromatic carbocycles. The van der Waals surface area contributed by atoms with Crippen molar-refractivity contribution >= 4 is 62.6 Å². The number of carbonyl (C=O) groups excluding carboxylic acids is 1. The van der Waals surface area contributed by atoms with E-state index in [1.807, 2.05) is 45.2 Å². The van der Waals surface area contributed by atoms with E-state index in [1.165, 1.54) is 12.1 Å². The fourth-order valence-corrected chi connectivity index (χ4v) is 3.30. The van der Waals surface area contributed by atoms with E-state index in [1.54, 1.807) is 0 Å². The Kier molecular flexibility index (Phi) is 4.37. The van der Waals surface area contributed by atoms with Gasteiger partial charge < -0.3 is 0 Å². The Morgan fingerprint density at radius 2 is 1.85 bits per heavy atom. The molecule has 0 aliphatic rings. The molecule has 0 heterocycles. The first-order valence-electron chi connectivity index (χ1n) is 3.30. The summed E-state index contributed by atoms with van der Waals surface area (Å²) in [6, 6.07) is 2.64. The van der Waals surface area contributed by atoms with E-state index >= 15 is 0 Å². The van der Waals surface area contributed by atoms with Gasteiger partial charge in [-0.3, -0.25) is 4.79 Å². The van der Waals surface area contributed by atoms with Gasteiger partial charge in [0.1, 0.15) is 5.82 Å². The van der Waals surface area contributed by atoms with Gasteiger partial charge in [0.15, 0.2) is 5.78 Å². The molecule has 0 aliphatic heterocycles. The molecule has 13 heavy (non-hydrogen) atoms. The van der Waals surface area contributed by atoms with Gasteiger partial charge in [-0.2, -0.15) is 0 Å². The Morgan fingerprint density at radius 3 is 2.23 bits per heavy atom. The topological polar surface area (TPSA) is 17.1 Å². The van der Waals surface area contributed by atoms with Crippen molar-refractivity contribution in [2.75, 3.05) is 5.88 Å². The van der Waals surface area contributed by atoms with Crippen molar-refractivity contribution in [1.82, 2.24) is 0 Å². The molecule has 0 saturated heterocycles. The van der Waals surface area contributed by atoms with E-state index in [-0.39, 0.29) is 17.5 Å². The second-order valence-electron chi connectivity index (χ2n) is 2.30. The van der Waals surface area contributed by atoms with Crippen LogP contribution in [0.5, 0.6) is 0 Å². The first-order chi connectivity index (χ1) is 6.06. The summed E-state index contributed by atoms with van der Waals surface area (Å²) in [5, 5.41) is 0. The fraction of sp³-hybridized carbons (Fsp3) is 0.125. The van der Waals surface area contributed by atoms with Gasteiger partial charge in [0.25, 0.3) is 0 Å². The summed E-state index contributed by atoms with van der Waals surface area (Å²) in [5.41, 5.74) is 0.512. The highest BCUT2D eigenvalue weighted by Crippen LogP contribution is 2.21. The predicted octanol–water partition coefficient (Wildman–Crippen LogP) is 3.46. The van der Waals surface area contributed by atoms with Crippen LogP contribution in [0, 0.1) is 13.0 Å². The molecule has 1 aromatic rings. The molecule has 0 spiro atoms. The standard InChI is InChI=1S/C8H4ClFI2O/c9-3-7(13)8-5(11)1-4(10)2-6(8)12/h1-2H,3H2. The molecular weight excluding hydrogens is 420 g/mol. The molecule has 0 fully saturated rings. The van der Waals surface area contributed by atoms with Gasteiger partial charge in [0, 0.05) is 12.7 Å². The molecule has 0 unspecified atom stereocenters. The van der Waals surface area contributed by atoms with E-state index in [0.29, 0.717) is 12.7 Å². The van der Waals surface area contributed by atoms with E-state index < -0.39 is 0 Å². The Labute approximate surface area is 107 Å². The van der Waals surface area contributed by atoms with E-state index in [2.05, 4.69) is 0 Å². The third kappa shape index (κ3) is 2.76. The molecule has 0 saturated carbocycles. The van der Waals surface area contributed by atoms with Crippen LogP contribution >= 0.6 is 56.8 Å². The molecule has 5 heteroatoms. The van der Waals surface area contributed by atoms with E-state index in [0.717, 1.165) is 0 Å². The Balaban J connectivity index is 3.28. The third-order valence-corrected chi connectivity index (χ3v) is 3.35. The largest absolute Gasteiger partial charge is 0.293 e. The lowest BCUT2D eigenvalue weighted by Crippen LogP contribution is -2.06. The average Bonchev–Trinajstić information content (AvgIpc) is 2.02. The minimum Gasteiger partial charge on any atom is -0.293 e. The minimum atomic E-state index is -0.333. The average molecular weight is 424 g/mol. The van der Waals surface area contributed by atoms with Crippen molar-refractivity contribution in [2.45, 2.75) is 0 Å². The van der Waals surface area contributed by atoms with Gasteiger partial charge in [0.05, 0.1) is 5.88 Å². The minimum absolute atomic E-state index is 0.0718. The number of halogens is 4. The zero-order valence-corrected chi connectivity index (χ0v) is 11.4. The molecular formula is C8H4ClFI2O. The van der Waals surface area contributed by atoms with Gasteiger partial charge in [-0.15, -0.1) is 11.6 Å². The summed E-state index contributed by atoms with van der Waals surface area (Å²) < 4.78 is 14.0. The van der Waals surface area contributed by atoms with E-state index in [9.17, 15) is 9.18 Å². The SMILES string of the molecule is O=C(CCl)c1c(I)cc(F)cc1I. The van der Waals surface area contributed by atoms with Crippen LogP contribution in [-0.2, 0) is 0 Å². The zero-order valence-electron chi connectivity index (χ0n) is 6.28. The molecule has 1 rings (SSSR count). The number of Topliss-reactive ketones (excluding diaryl/α,β-unsaturated/α-hetero) is 1. The molecule has 0 atom stereocenters. The van der Waals surface area contributed by atoms with Gasteiger partial charge in [-0.05, 0) is 57.3 Å². The molecule has 0 radical (unpaired) electrons. The van der Waals surface area contributed by atoms with E-state index in [4.69, 9.17) is 11.6 Å². The van der Waals surface area contributed by atoms with Crippen molar-refractivity contribution < 1.29 is 9.18 Å². The third-order valence-electron chi connectivity index (χ3n) is 1.41. The van der Waals surface area contributed by atoms with Gasteiger partial charge in [-0.1, -0.05) is 0 Å². The lowest BCUT2D eigenvalue weighted by Gasteiger charge is -2.04. The van der Waals surface area contributed by atoms with Crippen LogP contribution in [0.4, 0.5) is 4.39 Å². The van der Waals surface area contributed by atoms with Crippen LogP contribution in [-0.4, -0.2) is 11.7 Å². The molecule has 0 aromatic heterocycles. The van der Waals surface area contributed by atoms with Gasteiger partial charge in [0.2, 0.25) is 0 Å². The van der Waals surface area contributed by atoms with Crippen LogP contribution in [0.1, 0.15) is 10.4 Å². The number of hydrogen-bond donors (Lipinski definition) is 0. The normalized spacial score (nSPS) is 10.2. The maximum Gasteiger partial charge on any atom is 0.179 e. The Bertz CT molecular complexity index is 331. The van der Waals surface area contributed by atoms with Crippen LogP contribution in [0.25, 0.3) is 0 Å². The van der Waals surface area contributed by atoms with Crippen molar-refractivity contribution in [2.24, 2.45) is 0 Å². The zero-order chi connectivity index (χ0) is 10.0. The quantitative estimate of drug-likeness (QED) is 0.404. The molecule has 70 valence electrons. The molecule has 0 bridgehead atoms. The first-order valence-corrected chi connectivity index (χ1v) is 5.99. The second kappa shape index (κ2) is 4.88. The molecule has 1 nitrogen and oxygen atoms in total. The van der Waals surface area contributed by atoms with Crippen LogP contribution < -0.4 is 0 Å². The summed E-state index contributed by atoms with van der Waals surface area (Å²) >= 11 is 9.27. The molecule has 0 N–H and O–H groups in total. The Morgan fingerprint density at radius 1 is 1.38 bits per heavy atom. The number of hydrogen-bond acceptors (Lipinski definition) is 1. The monoisotopic (exact) mass is 424 g/mol. The highest BCUT2D eigenvalue weighted by molar-refractivity contribution is 14.1. The summed E-state index contributed by atoms with van der Waals surface area (Å²) in [7, 11) is 0. The first kappa shape index (κ1) is 11.6. The number of carbonyl (C=O) groups is 1. The molecule has 0 aliphatic carbocycles. The lowest BCUT2D eigenvalue weighted by atomic mass is 10.1. The number of alkyl halides is 1. The van der Waals surface area contributed by atoms with Crippen LogP contribution in [0.3, 0.4) is 0 Å². The summed E-state index contributed by atoms with van der Waals surface area (Å²) in [6.07, 6.45) is 0. The van der Waals surface area contributed by atoms with Crippen LogP contribution in [0.15, 0.2) is 12.1 Å². The number of rotatable bonds is 2. The summed E-state index contributed by atoms with van der Waals surface area (Å²) in [4.78, 5) is 11.3. The van der Waals surface area contributed by atoms with Crippen LogP contribution in [0.2, 0.25) is 0 Å². The summed E-state index contributed by atoms with van der Waals surface area (Å²) in [6.45, 7) is 0. The van der Waals surface area contributed by atoms with Crippen molar-refractivity contribution in [3.05, 3.63) is 30.7 Å². The van der Waals surface area contributed by atoms with Gasteiger partial charge >= 0.3 is 0 Å². The maximum absolute atomic E-state index is 12.8. The predicted molar refractivity (Wildman–Crippen MR) is 66.9 cm³/mol. The number of benzene rings is 1. The van der Waals surface area contributed by atoms with Crippen molar-refractivity contribution in [3.8, 4) is 0 Å². The summed E-state index contributed by atoms with van der Waals surface area (Å²) in [5.74, 6) is -0.576. The van der Waals surface area contributed by atoms with Crippen molar-refractivity contribution in [3.63, 3.8) is 0 Å². The lowest BCUT2D eigenvalue weighted by molar-refractivity contribution is 0.101. The highest BCUT2D eigenvalue weighted by atomic mass is 127. The van der Waals surface area contributed by atoms with Crippen molar-refractivity contribution in [1.29, 1.82) is 0 Å². The smallest absolute Gasteiger partial charge is 0.179 e. The second-order valence-corrected chi connectivity index (χ2v) is 4.89. The highest BCUT2D eigenvalue weighted by Gasteiger charge is 2.14. The molecule has 0 amide bonds. The maximum atomic E-state index is 12.8. The van der Waals surface area contributed by atoms with Gasteiger partial charge in [-0.25, -0.2) is 4.39 Å². The Hall–Kier alpha value is 0.570. The fourth-order valence-electron chi connectivity index (χ4n) is 0.875.